The molecule has 0 fully saturated rings. The van der Waals surface area contributed by atoms with Gasteiger partial charge >= 0.3 is 0 Å². The van der Waals surface area contributed by atoms with Gasteiger partial charge in [0.15, 0.2) is 11.5 Å². The van der Waals surface area contributed by atoms with Crippen LogP contribution in [0.25, 0.3) is 0 Å². The molecule has 0 radical (unpaired) electrons. The van der Waals surface area contributed by atoms with E-state index in [0.717, 1.165) is 47.9 Å². The second-order valence-corrected chi connectivity index (χ2v) is 5.44. The monoisotopic (exact) mass is 311 g/mol. The molecule has 2 aromatic rings. The van der Waals surface area contributed by atoms with Gasteiger partial charge in [0.05, 0.1) is 27.0 Å². The van der Waals surface area contributed by atoms with Gasteiger partial charge < -0.3 is 14.2 Å². The van der Waals surface area contributed by atoms with Gasteiger partial charge in [-0.15, -0.1) is 0 Å². The summed E-state index contributed by atoms with van der Waals surface area (Å²) in [5.41, 5.74) is 4.59. The van der Waals surface area contributed by atoms with Crippen molar-refractivity contribution in [1.82, 2.24) is 0 Å². The van der Waals surface area contributed by atoms with Crippen molar-refractivity contribution in [3.8, 4) is 17.2 Å². The Kier molecular flexibility index (Phi) is 4.51. The first kappa shape index (κ1) is 15.4. The second kappa shape index (κ2) is 6.73. The van der Waals surface area contributed by atoms with Crippen LogP contribution in [0.4, 0.5) is 0 Å². The first-order chi connectivity index (χ1) is 11.3. The van der Waals surface area contributed by atoms with Crippen LogP contribution in [0.1, 0.15) is 16.7 Å². The zero-order valence-corrected chi connectivity index (χ0v) is 13.8. The molecule has 0 bridgehead atoms. The zero-order valence-electron chi connectivity index (χ0n) is 13.8. The molecule has 0 amide bonds. The molecular weight excluding hydrogens is 290 g/mol. The van der Waals surface area contributed by atoms with Crippen LogP contribution in [0.2, 0.25) is 0 Å². The molecule has 1 aliphatic rings. The van der Waals surface area contributed by atoms with Crippen LogP contribution in [-0.2, 0) is 12.8 Å². The van der Waals surface area contributed by atoms with Gasteiger partial charge in [0, 0.05) is 18.5 Å². The molecule has 0 spiro atoms. The number of fused-ring (bicyclic) bond motifs is 1. The van der Waals surface area contributed by atoms with Gasteiger partial charge in [0.25, 0.3) is 0 Å². The predicted molar refractivity (Wildman–Crippen MR) is 91.4 cm³/mol. The highest BCUT2D eigenvalue weighted by Crippen LogP contribution is 2.36. The fourth-order valence-corrected chi connectivity index (χ4v) is 2.96. The Morgan fingerprint density at radius 3 is 2.35 bits per heavy atom. The third-order valence-electron chi connectivity index (χ3n) is 4.13. The number of aliphatic imine (C=N–C) groups is 1. The highest BCUT2D eigenvalue weighted by Gasteiger charge is 2.22. The molecule has 0 atom stereocenters. The molecule has 0 aliphatic carbocycles. The van der Waals surface area contributed by atoms with Crippen LogP contribution in [0.5, 0.6) is 17.2 Å². The van der Waals surface area contributed by atoms with Crippen molar-refractivity contribution in [2.24, 2.45) is 4.99 Å². The topological polar surface area (TPSA) is 40.0 Å². The third kappa shape index (κ3) is 3.02. The summed E-state index contributed by atoms with van der Waals surface area (Å²) in [5, 5.41) is 0. The van der Waals surface area contributed by atoms with Crippen molar-refractivity contribution in [2.75, 3.05) is 27.9 Å². The summed E-state index contributed by atoms with van der Waals surface area (Å²) in [7, 11) is 5.01. The molecular formula is C19H21NO3. The average Bonchev–Trinajstić information content (AvgIpc) is 2.61. The van der Waals surface area contributed by atoms with Gasteiger partial charge in [0.2, 0.25) is 0 Å². The lowest BCUT2D eigenvalue weighted by Crippen LogP contribution is -2.17. The van der Waals surface area contributed by atoms with E-state index in [1.54, 1.807) is 21.3 Å². The molecule has 0 unspecified atom stereocenters. The fourth-order valence-electron chi connectivity index (χ4n) is 2.96. The Hall–Kier alpha value is -2.49. The van der Waals surface area contributed by atoms with Crippen molar-refractivity contribution in [1.29, 1.82) is 0 Å². The van der Waals surface area contributed by atoms with Crippen molar-refractivity contribution < 1.29 is 14.2 Å². The van der Waals surface area contributed by atoms with Gasteiger partial charge in [-0.05, 0) is 35.7 Å². The second-order valence-electron chi connectivity index (χ2n) is 5.44. The third-order valence-corrected chi connectivity index (χ3v) is 4.13. The standard InChI is InChI=1S/C19H21NO3/c1-21-15-7-4-13(5-8-15)12-16-18-14(10-11-20-16)6-9-17(22-2)19(18)23-3/h4-9H,10-12H2,1-3H3. The van der Waals surface area contributed by atoms with Gasteiger partial charge in [-0.25, -0.2) is 0 Å². The van der Waals surface area contributed by atoms with Crippen LogP contribution >= 0.6 is 0 Å². The Labute approximate surface area is 136 Å². The smallest absolute Gasteiger partial charge is 0.170 e. The summed E-state index contributed by atoms with van der Waals surface area (Å²) < 4.78 is 16.3. The van der Waals surface area contributed by atoms with Crippen molar-refractivity contribution in [3.05, 3.63) is 53.1 Å². The van der Waals surface area contributed by atoms with Gasteiger partial charge in [-0.1, -0.05) is 18.2 Å². The number of methoxy groups -OCH3 is 3. The molecule has 2 aromatic carbocycles. The minimum atomic E-state index is 0.746. The number of nitrogens with zero attached hydrogens (tertiary/aromatic N) is 1. The summed E-state index contributed by atoms with van der Waals surface area (Å²) in [4.78, 5) is 4.74. The van der Waals surface area contributed by atoms with Crippen LogP contribution in [0, 0.1) is 0 Å². The molecule has 4 heteroatoms. The lowest BCUT2D eigenvalue weighted by molar-refractivity contribution is 0.353. The molecule has 120 valence electrons. The minimum Gasteiger partial charge on any atom is -0.497 e. The predicted octanol–water partition coefficient (Wildman–Crippen LogP) is 3.30. The maximum atomic E-state index is 5.61. The molecule has 1 heterocycles. The van der Waals surface area contributed by atoms with E-state index in [-0.39, 0.29) is 0 Å². The Morgan fingerprint density at radius 1 is 0.913 bits per heavy atom. The van der Waals surface area contributed by atoms with Crippen LogP contribution in [-0.4, -0.2) is 33.6 Å². The molecule has 0 saturated heterocycles. The first-order valence-electron chi connectivity index (χ1n) is 7.67. The molecule has 4 nitrogen and oxygen atoms in total. The Bertz CT molecular complexity index is 720. The molecule has 23 heavy (non-hydrogen) atoms. The summed E-state index contributed by atoms with van der Waals surface area (Å²) in [6, 6.07) is 12.2. The summed E-state index contributed by atoms with van der Waals surface area (Å²) in [5.74, 6) is 2.38. The zero-order chi connectivity index (χ0) is 16.2. The maximum Gasteiger partial charge on any atom is 0.170 e. The van der Waals surface area contributed by atoms with E-state index in [1.165, 1.54) is 11.1 Å². The normalized spacial score (nSPS) is 13.1. The van der Waals surface area contributed by atoms with E-state index in [2.05, 4.69) is 18.2 Å². The molecule has 0 aromatic heterocycles. The van der Waals surface area contributed by atoms with Gasteiger partial charge in [-0.3, -0.25) is 4.99 Å². The lowest BCUT2D eigenvalue weighted by atomic mass is 9.92. The molecule has 0 N–H and O–H groups in total. The maximum absolute atomic E-state index is 5.61. The lowest BCUT2D eigenvalue weighted by Gasteiger charge is -2.21. The van der Waals surface area contributed by atoms with E-state index < -0.39 is 0 Å². The highest BCUT2D eigenvalue weighted by molar-refractivity contribution is 6.06. The number of hydrogen-bond donors (Lipinski definition) is 0. The largest absolute Gasteiger partial charge is 0.497 e. The number of benzene rings is 2. The Balaban J connectivity index is 1.97. The van der Waals surface area contributed by atoms with Crippen molar-refractivity contribution >= 4 is 5.71 Å². The van der Waals surface area contributed by atoms with Crippen molar-refractivity contribution in [2.45, 2.75) is 12.8 Å². The van der Waals surface area contributed by atoms with E-state index in [4.69, 9.17) is 19.2 Å². The molecule has 3 rings (SSSR count). The first-order valence-corrected chi connectivity index (χ1v) is 7.67. The number of hydrogen-bond acceptors (Lipinski definition) is 4. The average molecular weight is 311 g/mol. The molecule has 1 aliphatic heterocycles. The van der Waals surface area contributed by atoms with Crippen LogP contribution in [0.3, 0.4) is 0 Å². The van der Waals surface area contributed by atoms with Crippen molar-refractivity contribution in [3.63, 3.8) is 0 Å². The van der Waals surface area contributed by atoms with Gasteiger partial charge in [-0.2, -0.15) is 0 Å². The Morgan fingerprint density at radius 2 is 1.70 bits per heavy atom. The SMILES string of the molecule is COc1ccc(CC2=NCCc3ccc(OC)c(OC)c32)cc1. The quantitative estimate of drug-likeness (QED) is 0.850. The molecule has 0 saturated carbocycles. The summed E-state index contributed by atoms with van der Waals surface area (Å²) >= 11 is 0. The highest BCUT2D eigenvalue weighted by atomic mass is 16.5. The summed E-state index contributed by atoms with van der Waals surface area (Å²) in [6.07, 6.45) is 1.70. The van der Waals surface area contributed by atoms with E-state index in [9.17, 15) is 0 Å². The van der Waals surface area contributed by atoms with Crippen LogP contribution < -0.4 is 14.2 Å². The number of ether oxygens (including phenoxy) is 3. The van der Waals surface area contributed by atoms with Crippen LogP contribution in [0.15, 0.2) is 41.4 Å². The van der Waals surface area contributed by atoms with E-state index in [1.807, 2.05) is 18.2 Å². The summed E-state index contributed by atoms with van der Waals surface area (Å²) in [6.45, 7) is 0.813. The van der Waals surface area contributed by atoms with E-state index >= 15 is 0 Å². The van der Waals surface area contributed by atoms with Gasteiger partial charge in [0.1, 0.15) is 5.75 Å². The van der Waals surface area contributed by atoms with E-state index in [0.29, 0.717) is 0 Å². The number of rotatable bonds is 5. The fraction of sp³-hybridized carbons (Fsp3) is 0.316. The minimum absolute atomic E-state index is 0.746.